The molecule has 1 fully saturated rings. The molecule has 0 saturated carbocycles. The van der Waals surface area contributed by atoms with E-state index in [1.807, 2.05) is 0 Å². The van der Waals surface area contributed by atoms with Crippen LogP contribution in [0.2, 0.25) is 0 Å². The number of amides is 1. The van der Waals surface area contributed by atoms with Crippen molar-refractivity contribution in [3.8, 4) is 0 Å². The predicted molar refractivity (Wildman–Crippen MR) is 62.6 cm³/mol. The van der Waals surface area contributed by atoms with Crippen molar-refractivity contribution < 1.29 is 9.18 Å². The number of pyridine rings is 1. The van der Waals surface area contributed by atoms with Crippen molar-refractivity contribution in [3.05, 3.63) is 24.1 Å². The molecule has 3 heterocycles. The standard InChI is InChI=1S/C11H12FN5O/c1-16-5-4-8(10(16)18)13-11-14-9-3-2-7(12)6-17(9)15-11/h2-3,6,8H,4-5H2,1H3,(H,13,15). The summed E-state index contributed by atoms with van der Waals surface area (Å²) in [7, 11) is 1.76. The number of nitrogens with zero attached hydrogens (tertiary/aromatic N) is 4. The van der Waals surface area contributed by atoms with Gasteiger partial charge < -0.3 is 10.2 Å². The highest BCUT2D eigenvalue weighted by Gasteiger charge is 2.29. The Labute approximate surface area is 102 Å². The third-order valence-corrected chi connectivity index (χ3v) is 3.03. The van der Waals surface area contributed by atoms with Crippen LogP contribution in [0.5, 0.6) is 0 Å². The Balaban J connectivity index is 1.85. The van der Waals surface area contributed by atoms with Crippen molar-refractivity contribution in [3.63, 3.8) is 0 Å². The van der Waals surface area contributed by atoms with Gasteiger partial charge in [-0.15, -0.1) is 5.10 Å². The molecule has 1 atom stereocenters. The Kier molecular flexibility index (Phi) is 2.39. The van der Waals surface area contributed by atoms with Crippen LogP contribution in [-0.2, 0) is 4.79 Å². The second-order valence-electron chi connectivity index (χ2n) is 4.33. The van der Waals surface area contributed by atoms with Crippen LogP contribution in [0.15, 0.2) is 18.3 Å². The molecule has 0 bridgehead atoms. The van der Waals surface area contributed by atoms with Crippen molar-refractivity contribution >= 4 is 17.5 Å². The summed E-state index contributed by atoms with van der Waals surface area (Å²) in [6.45, 7) is 0.721. The van der Waals surface area contributed by atoms with E-state index < -0.39 is 0 Å². The summed E-state index contributed by atoms with van der Waals surface area (Å²) in [5.41, 5.74) is 0.540. The van der Waals surface area contributed by atoms with Crippen LogP contribution in [0.3, 0.4) is 0 Å². The van der Waals surface area contributed by atoms with Gasteiger partial charge >= 0.3 is 0 Å². The first-order chi connectivity index (χ1) is 8.63. The maximum Gasteiger partial charge on any atom is 0.244 e. The molecule has 1 aliphatic heterocycles. The van der Waals surface area contributed by atoms with Crippen LogP contribution in [0, 0.1) is 5.82 Å². The molecule has 3 rings (SSSR count). The molecule has 1 saturated heterocycles. The maximum atomic E-state index is 13.0. The van der Waals surface area contributed by atoms with Crippen molar-refractivity contribution in [1.82, 2.24) is 19.5 Å². The lowest BCUT2D eigenvalue weighted by Crippen LogP contribution is -2.31. The Hall–Kier alpha value is -2.18. The van der Waals surface area contributed by atoms with Gasteiger partial charge in [0.2, 0.25) is 11.9 Å². The summed E-state index contributed by atoms with van der Waals surface area (Å²) < 4.78 is 14.3. The van der Waals surface area contributed by atoms with Crippen LogP contribution in [-0.4, -0.2) is 45.0 Å². The third kappa shape index (κ3) is 1.77. The zero-order valence-corrected chi connectivity index (χ0v) is 9.80. The van der Waals surface area contributed by atoms with E-state index in [1.165, 1.54) is 22.8 Å². The van der Waals surface area contributed by atoms with Crippen molar-refractivity contribution in [2.75, 3.05) is 18.9 Å². The lowest BCUT2D eigenvalue weighted by Gasteiger charge is -2.10. The molecule has 2 aromatic rings. The van der Waals surface area contributed by atoms with Gasteiger partial charge in [-0.3, -0.25) is 4.79 Å². The van der Waals surface area contributed by atoms with Crippen LogP contribution >= 0.6 is 0 Å². The normalized spacial score (nSPS) is 19.8. The predicted octanol–water partition coefficient (Wildman–Crippen LogP) is 0.511. The molecule has 6 nitrogen and oxygen atoms in total. The molecule has 2 aromatic heterocycles. The van der Waals surface area contributed by atoms with Crippen molar-refractivity contribution in [2.45, 2.75) is 12.5 Å². The second-order valence-corrected chi connectivity index (χ2v) is 4.33. The molecule has 7 heteroatoms. The smallest absolute Gasteiger partial charge is 0.244 e. The molecule has 18 heavy (non-hydrogen) atoms. The lowest BCUT2D eigenvalue weighted by atomic mass is 10.2. The van der Waals surface area contributed by atoms with E-state index in [-0.39, 0.29) is 17.8 Å². The van der Waals surface area contributed by atoms with Gasteiger partial charge in [0.05, 0.1) is 6.20 Å². The molecule has 0 aliphatic carbocycles. The zero-order chi connectivity index (χ0) is 12.7. The van der Waals surface area contributed by atoms with Gasteiger partial charge in [0, 0.05) is 13.6 Å². The highest BCUT2D eigenvalue weighted by molar-refractivity contribution is 5.86. The average Bonchev–Trinajstić information content (AvgIpc) is 2.86. The first kappa shape index (κ1) is 10.9. The van der Waals surface area contributed by atoms with E-state index in [1.54, 1.807) is 11.9 Å². The first-order valence-corrected chi connectivity index (χ1v) is 5.67. The number of nitrogens with one attached hydrogen (secondary N) is 1. The molecule has 94 valence electrons. The molecule has 0 spiro atoms. The minimum atomic E-state index is -0.379. The van der Waals surface area contributed by atoms with Gasteiger partial charge in [-0.05, 0) is 18.6 Å². The van der Waals surface area contributed by atoms with Gasteiger partial charge in [-0.1, -0.05) is 0 Å². The SMILES string of the molecule is CN1CCC(Nc2nc3ccc(F)cn3n2)C1=O. The van der Waals surface area contributed by atoms with Gasteiger partial charge in [0.1, 0.15) is 11.9 Å². The number of halogens is 1. The number of likely N-dealkylation sites (tertiary alicyclic amines) is 1. The van der Waals surface area contributed by atoms with Gasteiger partial charge in [-0.25, -0.2) is 8.91 Å². The summed E-state index contributed by atoms with van der Waals surface area (Å²) in [5.74, 6) is -0.00934. The third-order valence-electron chi connectivity index (χ3n) is 3.03. The van der Waals surface area contributed by atoms with E-state index in [0.29, 0.717) is 11.6 Å². The molecule has 0 radical (unpaired) electrons. The number of hydrogen-bond donors (Lipinski definition) is 1. The lowest BCUT2D eigenvalue weighted by molar-refractivity contribution is -0.127. The minimum absolute atomic E-state index is 0.0278. The molecule has 1 unspecified atom stereocenters. The number of fused-ring (bicyclic) bond motifs is 1. The summed E-state index contributed by atoms with van der Waals surface area (Å²) in [6, 6.07) is 2.57. The fraction of sp³-hybridized carbons (Fsp3) is 0.364. The fourth-order valence-electron chi connectivity index (χ4n) is 2.03. The van der Waals surface area contributed by atoms with Crippen LogP contribution in [0.1, 0.15) is 6.42 Å². The zero-order valence-electron chi connectivity index (χ0n) is 9.80. The number of hydrogen-bond acceptors (Lipinski definition) is 4. The largest absolute Gasteiger partial charge is 0.344 e. The number of anilines is 1. The highest BCUT2D eigenvalue weighted by Crippen LogP contribution is 2.14. The number of aromatic nitrogens is 3. The quantitative estimate of drug-likeness (QED) is 0.842. The molecule has 1 amide bonds. The minimum Gasteiger partial charge on any atom is -0.344 e. The first-order valence-electron chi connectivity index (χ1n) is 5.67. The summed E-state index contributed by atoms with van der Waals surface area (Å²) in [4.78, 5) is 17.6. The Morgan fingerprint density at radius 1 is 1.50 bits per heavy atom. The monoisotopic (exact) mass is 249 g/mol. The van der Waals surface area contributed by atoms with Crippen molar-refractivity contribution in [2.24, 2.45) is 0 Å². The van der Waals surface area contributed by atoms with E-state index in [9.17, 15) is 9.18 Å². The van der Waals surface area contributed by atoms with E-state index in [4.69, 9.17) is 0 Å². The van der Waals surface area contributed by atoms with Crippen LogP contribution in [0.25, 0.3) is 5.65 Å². The highest BCUT2D eigenvalue weighted by atomic mass is 19.1. The number of carbonyl (C=O) groups excluding carboxylic acids is 1. The van der Waals surface area contributed by atoms with E-state index >= 15 is 0 Å². The fourth-order valence-corrected chi connectivity index (χ4v) is 2.03. The average molecular weight is 249 g/mol. The summed E-state index contributed by atoms with van der Waals surface area (Å²) in [6.07, 6.45) is 1.97. The number of likely N-dealkylation sites (N-methyl/N-ethyl adjacent to an activating group) is 1. The molecule has 1 N–H and O–H groups in total. The van der Waals surface area contributed by atoms with E-state index in [0.717, 1.165) is 13.0 Å². The Morgan fingerprint density at radius 3 is 3.06 bits per heavy atom. The Bertz CT molecular complexity index is 610. The molecular weight excluding hydrogens is 237 g/mol. The van der Waals surface area contributed by atoms with Crippen molar-refractivity contribution in [1.29, 1.82) is 0 Å². The van der Waals surface area contributed by atoms with Crippen LogP contribution < -0.4 is 5.32 Å². The van der Waals surface area contributed by atoms with Crippen LogP contribution in [0.4, 0.5) is 10.3 Å². The summed E-state index contributed by atoms with van der Waals surface area (Å²) in [5, 5.41) is 7.05. The number of rotatable bonds is 2. The van der Waals surface area contributed by atoms with Gasteiger partial charge in [-0.2, -0.15) is 4.98 Å². The second kappa shape index (κ2) is 3.94. The van der Waals surface area contributed by atoms with Gasteiger partial charge in [0.25, 0.3) is 0 Å². The number of carbonyl (C=O) groups is 1. The Morgan fingerprint density at radius 2 is 2.33 bits per heavy atom. The van der Waals surface area contributed by atoms with E-state index in [2.05, 4.69) is 15.4 Å². The van der Waals surface area contributed by atoms with Gasteiger partial charge in [0.15, 0.2) is 5.65 Å². The molecule has 0 aromatic carbocycles. The molecular formula is C11H12FN5O. The summed E-state index contributed by atoms with van der Waals surface area (Å²) >= 11 is 0. The topological polar surface area (TPSA) is 62.5 Å². The molecule has 1 aliphatic rings. The maximum absolute atomic E-state index is 13.0.